The summed E-state index contributed by atoms with van der Waals surface area (Å²) in [7, 11) is -2.90. The molecule has 1 unspecified atom stereocenters. The minimum atomic E-state index is -2.90. The Labute approximate surface area is 165 Å². The lowest BCUT2D eigenvalue weighted by Gasteiger charge is -2.10. The SMILES string of the molecule is CC1CCN(S(C)(=O)=O)C1.CCCC(C)C.Cc1ccc(C#N)c(Cl)c1. The Morgan fingerprint density at radius 3 is 2.27 bits per heavy atom. The summed E-state index contributed by atoms with van der Waals surface area (Å²) in [4.78, 5) is 0. The van der Waals surface area contributed by atoms with Gasteiger partial charge in [0, 0.05) is 13.1 Å². The van der Waals surface area contributed by atoms with Gasteiger partial charge in [-0.25, -0.2) is 12.7 Å². The van der Waals surface area contributed by atoms with E-state index in [0.29, 0.717) is 29.6 Å². The summed E-state index contributed by atoms with van der Waals surface area (Å²) in [6.07, 6.45) is 4.98. The first-order chi connectivity index (χ1) is 12.0. The van der Waals surface area contributed by atoms with Crippen LogP contribution in [0.4, 0.5) is 0 Å². The topological polar surface area (TPSA) is 61.2 Å². The highest BCUT2D eigenvalue weighted by molar-refractivity contribution is 7.88. The van der Waals surface area contributed by atoms with Crippen molar-refractivity contribution in [3.8, 4) is 6.07 Å². The molecule has 1 aromatic carbocycles. The van der Waals surface area contributed by atoms with Gasteiger partial charge in [-0.05, 0) is 42.9 Å². The molecule has 148 valence electrons. The van der Waals surface area contributed by atoms with E-state index in [-0.39, 0.29) is 0 Å². The third kappa shape index (κ3) is 10.8. The second-order valence-electron chi connectivity index (χ2n) is 7.29. The zero-order chi connectivity index (χ0) is 20.3. The van der Waals surface area contributed by atoms with Crippen LogP contribution in [-0.4, -0.2) is 32.1 Å². The number of halogens is 1. The number of benzene rings is 1. The second kappa shape index (κ2) is 12.3. The molecule has 26 heavy (non-hydrogen) atoms. The summed E-state index contributed by atoms with van der Waals surface area (Å²) in [6.45, 7) is 12.2. The normalized spacial score (nSPS) is 17.0. The number of nitrogens with zero attached hydrogens (tertiary/aromatic N) is 2. The van der Waals surface area contributed by atoms with Crippen LogP contribution in [0.2, 0.25) is 5.02 Å². The van der Waals surface area contributed by atoms with Crippen molar-refractivity contribution in [3.63, 3.8) is 0 Å². The van der Waals surface area contributed by atoms with Gasteiger partial charge in [-0.15, -0.1) is 0 Å². The molecule has 1 aliphatic rings. The molecule has 2 rings (SSSR count). The van der Waals surface area contributed by atoms with Gasteiger partial charge >= 0.3 is 0 Å². The van der Waals surface area contributed by atoms with Crippen LogP contribution in [-0.2, 0) is 10.0 Å². The van der Waals surface area contributed by atoms with E-state index in [4.69, 9.17) is 16.9 Å². The van der Waals surface area contributed by atoms with E-state index in [1.807, 2.05) is 19.1 Å². The van der Waals surface area contributed by atoms with E-state index >= 15 is 0 Å². The molecule has 0 saturated carbocycles. The van der Waals surface area contributed by atoms with E-state index in [1.54, 1.807) is 12.1 Å². The Hall–Kier alpha value is -1.09. The van der Waals surface area contributed by atoms with Crippen molar-refractivity contribution >= 4 is 21.6 Å². The predicted octanol–water partition coefficient (Wildman–Crippen LogP) is 5.25. The number of nitriles is 1. The van der Waals surface area contributed by atoms with Crippen LogP contribution in [0.3, 0.4) is 0 Å². The predicted molar refractivity (Wildman–Crippen MR) is 111 cm³/mol. The fraction of sp³-hybridized carbons (Fsp3) is 0.650. The Bertz CT molecular complexity index is 682. The molecule has 1 fully saturated rings. The summed E-state index contributed by atoms with van der Waals surface area (Å²) in [5.41, 5.74) is 1.61. The molecule has 1 aromatic rings. The monoisotopic (exact) mass is 400 g/mol. The second-order valence-corrected chi connectivity index (χ2v) is 9.68. The largest absolute Gasteiger partial charge is 0.213 e. The van der Waals surface area contributed by atoms with Gasteiger partial charge in [0.15, 0.2) is 0 Å². The average molecular weight is 401 g/mol. The molecular weight excluding hydrogens is 368 g/mol. The fourth-order valence-electron chi connectivity index (χ4n) is 2.48. The maximum absolute atomic E-state index is 10.9. The highest BCUT2D eigenvalue weighted by Crippen LogP contribution is 2.17. The Morgan fingerprint density at radius 2 is 2.00 bits per heavy atom. The van der Waals surface area contributed by atoms with Gasteiger partial charge < -0.3 is 0 Å². The first kappa shape index (κ1) is 24.9. The van der Waals surface area contributed by atoms with E-state index in [9.17, 15) is 8.42 Å². The Balaban J connectivity index is 0.000000375. The van der Waals surface area contributed by atoms with Crippen LogP contribution in [0.15, 0.2) is 18.2 Å². The van der Waals surface area contributed by atoms with Crippen molar-refractivity contribution in [1.82, 2.24) is 4.31 Å². The maximum atomic E-state index is 10.9. The molecule has 1 aliphatic heterocycles. The fourth-order valence-corrected chi connectivity index (χ4v) is 3.72. The third-order valence-electron chi connectivity index (χ3n) is 3.97. The highest BCUT2D eigenvalue weighted by atomic mass is 35.5. The van der Waals surface area contributed by atoms with Gasteiger partial charge in [0.1, 0.15) is 6.07 Å². The number of sulfonamides is 1. The van der Waals surface area contributed by atoms with Crippen molar-refractivity contribution in [2.24, 2.45) is 11.8 Å². The van der Waals surface area contributed by atoms with Crippen molar-refractivity contribution in [2.45, 2.75) is 53.9 Å². The van der Waals surface area contributed by atoms with Crippen molar-refractivity contribution < 1.29 is 8.42 Å². The molecular formula is C20H33ClN2O2S. The quantitative estimate of drug-likeness (QED) is 0.695. The molecule has 6 heteroatoms. The molecule has 0 aliphatic carbocycles. The van der Waals surface area contributed by atoms with E-state index in [2.05, 4.69) is 27.7 Å². The summed E-state index contributed by atoms with van der Waals surface area (Å²) in [5, 5.41) is 9.00. The van der Waals surface area contributed by atoms with E-state index < -0.39 is 10.0 Å². The van der Waals surface area contributed by atoms with Crippen LogP contribution in [0.1, 0.15) is 58.1 Å². The lowest BCUT2D eigenvalue weighted by atomic mass is 10.1. The van der Waals surface area contributed by atoms with Crippen LogP contribution >= 0.6 is 11.6 Å². The van der Waals surface area contributed by atoms with Crippen molar-refractivity contribution in [3.05, 3.63) is 34.3 Å². The lowest BCUT2D eigenvalue weighted by molar-refractivity contribution is 0.469. The van der Waals surface area contributed by atoms with Crippen LogP contribution in [0.25, 0.3) is 0 Å². The molecule has 0 spiro atoms. The maximum Gasteiger partial charge on any atom is 0.211 e. The minimum Gasteiger partial charge on any atom is -0.213 e. The van der Waals surface area contributed by atoms with Crippen molar-refractivity contribution in [1.29, 1.82) is 5.26 Å². The molecule has 0 aromatic heterocycles. The first-order valence-corrected chi connectivity index (χ1v) is 11.3. The molecule has 0 radical (unpaired) electrons. The van der Waals surface area contributed by atoms with Gasteiger partial charge in [-0.1, -0.05) is 58.2 Å². The van der Waals surface area contributed by atoms with Gasteiger partial charge in [-0.3, -0.25) is 0 Å². The molecule has 0 N–H and O–H groups in total. The molecule has 0 bridgehead atoms. The van der Waals surface area contributed by atoms with E-state index in [1.165, 1.54) is 23.4 Å². The molecule has 4 nitrogen and oxygen atoms in total. The smallest absolute Gasteiger partial charge is 0.211 e. The third-order valence-corrected chi connectivity index (χ3v) is 5.55. The summed E-state index contributed by atoms with van der Waals surface area (Å²) in [6, 6.07) is 7.35. The minimum absolute atomic E-state index is 0.530. The number of hydrogen-bond donors (Lipinski definition) is 0. The van der Waals surface area contributed by atoms with Gasteiger partial charge in [-0.2, -0.15) is 5.26 Å². The van der Waals surface area contributed by atoms with Crippen LogP contribution in [0, 0.1) is 30.1 Å². The van der Waals surface area contributed by atoms with Gasteiger partial charge in [0.25, 0.3) is 0 Å². The average Bonchev–Trinajstić information content (AvgIpc) is 2.95. The molecule has 1 atom stereocenters. The summed E-state index contributed by atoms with van der Waals surface area (Å²) < 4.78 is 23.3. The zero-order valence-corrected chi connectivity index (χ0v) is 18.5. The first-order valence-electron chi connectivity index (χ1n) is 9.12. The van der Waals surface area contributed by atoms with Crippen LogP contribution in [0.5, 0.6) is 0 Å². The highest BCUT2D eigenvalue weighted by Gasteiger charge is 2.25. The van der Waals surface area contributed by atoms with Crippen LogP contribution < -0.4 is 0 Å². The molecule has 1 heterocycles. The Kier molecular flexibility index (Phi) is 11.8. The number of aryl methyl sites for hydroxylation is 1. The standard InChI is InChI=1S/C8H6ClN.C6H13NO2S.C6H14/c1-6-2-3-7(5-10)8(9)4-6;1-6-3-4-7(5-6)10(2,8)9;1-4-5-6(2)3/h2-4H,1H3;6H,3-5H2,1-2H3;6H,4-5H2,1-3H3. The summed E-state index contributed by atoms with van der Waals surface area (Å²) >= 11 is 5.71. The zero-order valence-electron chi connectivity index (χ0n) is 16.9. The van der Waals surface area contributed by atoms with Gasteiger partial charge in [0.05, 0.1) is 16.8 Å². The lowest BCUT2D eigenvalue weighted by Crippen LogP contribution is -2.27. The summed E-state index contributed by atoms with van der Waals surface area (Å²) in [5.74, 6) is 1.43. The molecule has 1 saturated heterocycles. The number of hydrogen-bond acceptors (Lipinski definition) is 3. The van der Waals surface area contributed by atoms with Crippen molar-refractivity contribution in [2.75, 3.05) is 19.3 Å². The Morgan fingerprint density at radius 1 is 1.38 bits per heavy atom. The van der Waals surface area contributed by atoms with E-state index in [0.717, 1.165) is 17.9 Å². The molecule has 0 amide bonds. The van der Waals surface area contributed by atoms with Gasteiger partial charge in [0.2, 0.25) is 10.0 Å². The number of rotatable bonds is 3.